The third-order valence-corrected chi connectivity index (χ3v) is 2.14. The van der Waals surface area contributed by atoms with E-state index in [2.05, 4.69) is 12.2 Å². The van der Waals surface area contributed by atoms with Gasteiger partial charge in [0.15, 0.2) is 0 Å². The number of nitrogens with one attached hydrogen (secondary N) is 1. The van der Waals surface area contributed by atoms with Gasteiger partial charge in [-0.15, -0.1) is 0 Å². The first-order valence-electron chi connectivity index (χ1n) is 4.57. The molecule has 0 aliphatic heterocycles. The van der Waals surface area contributed by atoms with Crippen LogP contribution in [-0.2, 0) is 0 Å². The van der Waals surface area contributed by atoms with E-state index in [9.17, 15) is 0 Å². The molecule has 12 heavy (non-hydrogen) atoms. The number of furan rings is 1. The highest BCUT2D eigenvalue weighted by Crippen LogP contribution is 2.18. The quantitative estimate of drug-likeness (QED) is 0.729. The lowest BCUT2D eigenvalue weighted by atomic mass is 10.0. The van der Waals surface area contributed by atoms with Crippen LogP contribution in [0.4, 0.5) is 0 Å². The molecule has 0 aromatic carbocycles. The van der Waals surface area contributed by atoms with Crippen molar-refractivity contribution in [3.8, 4) is 0 Å². The minimum absolute atomic E-state index is 0.462. The van der Waals surface area contributed by atoms with E-state index in [0.29, 0.717) is 6.04 Å². The van der Waals surface area contributed by atoms with Crippen LogP contribution in [-0.4, -0.2) is 7.05 Å². The lowest BCUT2D eigenvalue weighted by Gasteiger charge is -2.12. The van der Waals surface area contributed by atoms with Crippen LogP contribution in [0, 0.1) is 0 Å². The molecule has 0 saturated heterocycles. The predicted octanol–water partition coefficient (Wildman–Crippen LogP) is 2.73. The Hall–Kier alpha value is -0.760. The number of hydrogen-bond donors (Lipinski definition) is 1. The van der Waals surface area contributed by atoms with E-state index in [0.717, 1.165) is 0 Å². The topological polar surface area (TPSA) is 25.2 Å². The van der Waals surface area contributed by atoms with E-state index in [4.69, 9.17) is 4.42 Å². The second kappa shape index (κ2) is 4.99. The molecule has 1 unspecified atom stereocenters. The largest absolute Gasteiger partial charge is 0.472 e. The Balaban J connectivity index is 2.45. The van der Waals surface area contributed by atoms with E-state index in [-0.39, 0.29) is 0 Å². The zero-order valence-corrected chi connectivity index (χ0v) is 7.84. The zero-order valence-electron chi connectivity index (χ0n) is 7.84. The summed E-state index contributed by atoms with van der Waals surface area (Å²) in [5, 5.41) is 3.28. The van der Waals surface area contributed by atoms with Gasteiger partial charge < -0.3 is 9.73 Å². The van der Waals surface area contributed by atoms with Crippen molar-refractivity contribution >= 4 is 0 Å². The summed E-state index contributed by atoms with van der Waals surface area (Å²) in [6, 6.07) is 2.49. The van der Waals surface area contributed by atoms with E-state index in [1.54, 1.807) is 6.26 Å². The fourth-order valence-electron chi connectivity index (χ4n) is 1.36. The molecule has 1 heterocycles. The Kier molecular flexibility index (Phi) is 3.88. The lowest BCUT2D eigenvalue weighted by Crippen LogP contribution is -2.15. The molecule has 0 spiro atoms. The highest BCUT2D eigenvalue weighted by Gasteiger charge is 2.08. The smallest absolute Gasteiger partial charge is 0.0950 e. The molecule has 0 aliphatic rings. The van der Waals surface area contributed by atoms with Gasteiger partial charge in [-0.1, -0.05) is 19.8 Å². The second-order valence-corrected chi connectivity index (χ2v) is 3.04. The summed E-state index contributed by atoms with van der Waals surface area (Å²) in [7, 11) is 1.99. The average molecular weight is 167 g/mol. The molecule has 2 heteroatoms. The average Bonchev–Trinajstić information content (AvgIpc) is 2.59. The summed E-state index contributed by atoms with van der Waals surface area (Å²) in [5.41, 5.74) is 1.26. The Bertz CT molecular complexity index is 194. The molecule has 1 rings (SSSR count). The normalized spacial score (nSPS) is 13.2. The first-order chi connectivity index (χ1) is 5.88. The molecular weight excluding hydrogens is 150 g/mol. The maximum absolute atomic E-state index is 5.04. The maximum Gasteiger partial charge on any atom is 0.0950 e. The maximum atomic E-state index is 5.04. The molecule has 0 amide bonds. The van der Waals surface area contributed by atoms with Crippen LogP contribution in [0.15, 0.2) is 23.0 Å². The Morgan fingerprint density at radius 1 is 1.58 bits per heavy atom. The van der Waals surface area contributed by atoms with Crippen LogP contribution >= 0.6 is 0 Å². The van der Waals surface area contributed by atoms with Crippen molar-refractivity contribution in [2.45, 2.75) is 32.2 Å². The van der Waals surface area contributed by atoms with Crippen molar-refractivity contribution in [1.82, 2.24) is 5.32 Å². The second-order valence-electron chi connectivity index (χ2n) is 3.04. The summed E-state index contributed by atoms with van der Waals surface area (Å²) in [6.07, 6.45) is 7.24. The molecule has 68 valence electrons. The molecule has 0 bridgehead atoms. The van der Waals surface area contributed by atoms with E-state index < -0.39 is 0 Å². The molecule has 1 N–H and O–H groups in total. The Labute approximate surface area is 74.0 Å². The molecule has 0 saturated carbocycles. The van der Waals surface area contributed by atoms with Gasteiger partial charge in [0.1, 0.15) is 0 Å². The zero-order chi connectivity index (χ0) is 8.81. The van der Waals surface area contributed by atoms with Gasteiger partial charge >= 0.3 is 0 Å². The van der Waals surface area contributed by atoms with E-state index >= 15 is 0 Å². The van der Waals surface area contributed by atoms with E-state index in [1.165, 1.54) is 24.8 Å². The molecule has 2 nitrogen and oxygen atoms in total. The summed E-state index contributed by atoms with van der Waals surface area (Å²) < 4.78 is 5.04. The monoisotopic (exact) mass is 167 g/mol. The van der Waals surface area contributed by atoms with Gasteiger partial charge in [0, 0.05) is 11.6 Å². The van der Waals surface area contributed by atoms with Crippen molar-refractivity contribution in [3.05, 3.63) is 24.2 Å². The molecule has 0 radical (unpaired) electrons. The van der Waals surface area contributed by atoms with Crippen LogP contribution in [0.1, 0.15) is 37.8 Å². The molecule has 1 aromatic rings. The molecule has 0 fully saturated rings. The molecular formula is C10H17NO. The first kappa shape index (κ1) is 9.33. The fourth-order valence-corrected chi connectivity index (χ4v) is 1.36. The third kappa shape index (κ3) is 2.38. The van der Waals surface area contributed by atoms with E-state index in [1.807, 2.05) is 19.4 Å². The van der Waals surface area contributed by atoms with Gasteiger partial charge in [-0.3, -0.25) is 0 Å². The van der Waals surface area contributed by atoms with Gasteiger partial charge in [-0.25, -0.2) is 0 Å². The summed E-state index contributed by atoms with van der Waals surface area (Å²) in [5.74, 6) is 0. The van der Waals surface area contributed by atoms with Crippen molar-refractivity contribution in [2.75, 3.05) is 7.05 Å². The minimum Gasteiger partial charge on any atom is -0.472 e. The summed E-state index contributed by atoms with van der Waals surface area (Å²) in [4.78, 5) is 0. The Morgan fingerprint density at radius 2 is 2.42 bits per heavy atom. The van der Waals surface area contributed by atoms with Crippen molar-refractivity contribution in [3.63, 3.8) is 0 Å². The van der Waals surface area contributed by atoms with Crippen LogP contribution in [0.5, 0.6) is 0 Å². The van der Waals surface area contributed by atoms with Gasteiger partial charge in [-0.2, -0.15) is 0 Å². The highest BCUT2D eigenvalue weighted by molar-refractivity contribution is 5.10. The molecule has 1 atom stereocenters. The predicted molar refractivity (Wildman–Crippen MR) is 50.0 cm³/mol. The standard InChI is InChI=1S/C10H17NO/c1-3-4-5-10(11-2)9-6-7-12-8-9/h6-8,10-11H,3-5H2,1-2H3. The van der Waals surface area contributed by atoms with Crippen molar-refractivity contribution < 1.29 is 4.42 Å². The lowest BCUT2D eigenvalue weighted by molar-refractivity contribution is 0.507. The minimum atomic E-state index is 0.462. The summed E-state index contributed by atoms with van der Waals surface area (Å²) >= 11 is 0. The highest BCUT2D eigenvalue weighted by atomic mass is 16.3. The molecule has 0 aliphatic carbocycles. The SMILES string of the molecule is CCCCC(NC)c1ccoc1. The first-order valence-corrected chi connectivity index (χ1v) is 4.57. The van der Waals surface area contributed by atoms with Gasteiger partial charge in [0.25, 0.3) is 0 Å². The van der Waals surface area contributed by atoms with Crippen molar-refractivity contribution in [2.24, 2.45) is 0 Å². The Morgan fingerprint density at radius 3 is 2.92 bits per heavy atom. The van der Waals surface area contributed by atoms with Crippen LogP contribution < -0.4 is 5.32 Å². The van der Waals surface area contributed by atoms with Crippen LogP contribution in [0.2, 0.25) is 0 Å². The number of unbranched alkanes of at least 4 members (excludes halogenated alkanes) is 1. The van der Waals surface area contributed by atoms with Crippen molar-refractivity contribution in [1.29, 1.82) is 0 Å². The van der Waals surface area contributed by atoms with Crippen LogP contribution in [0.25, 0.3) is 0 Å². The van der Waals surface area contributed by atoms with Crippen LogP contribution in [0.3, 0.4) is 0 Å². The number of hydrogen-bond acceptors (Lipinski definition) is 2. The summed E-state index contributed by atoms with van der Waals surface area (Å²) in [6.45, 7) is 2.21. The fraction of sp³-hybridized carbons (Fsp3) is 0.600. The van der Waals surface area contributed by atoms with Gasteiger partial charge in [0.05, 0.1) is 12.5 Å². The molecule has 1 aromatic heterocycles. The third-order valence-electron chi connectivity index (χ3n) is 2.14. The van der Waals surface area contributed by atoms with Gasteiger partial charge in [0.2, 0.25) is 0 Å². The van der Waals surface area contributed by atoms with Gasteiger partial charge in [-0.05, 0) is 19.5 Å². The number of rotatable bonds is 5.